The lowest BCUT2D eigenvalue weighted by molar-refractivity contribution is -0.00935. The van der Waals surface area contributed by atoms with E-state index in [1.54, 1.807) is 0 Å². The van der Waals surface area contributed by atoms with Gasteiger partial charge >= 0.3 is 0 Å². The van der Waals surface area contributed by atoms with E-state index in [9.17, 15) is 13.6 Å². The van der Waals surface area contributed by atoms with Gasteiger partial charge in [-0.25, -0.2) is 18.3 Å². The minimum absolute atomic E-state index is 0.0856. The molecule has 0 radical (unpaired) electrons. The first kappa shape index (κ1) is 12.1. The Hall–Kier alpha value is -1.99. The summed E-state index contributed by atoms with van der Waals surface area (Å²) in [7, 11) is 0. The van der Waals surface area contributed by atoms with E-state index in [0.29, 0.717) is 5.82 Å². The van der Waals surface area contributed by atoms with Crippen molar-refractivity contribution in [3.05, 3.63) is 22.4 Å². The molecule has 0 bridgehead atoms. The van der Waals surface area contributed by atoms with Gasteiger partial charge in [-0.1, -0.05) is 13.8 Å². The summed E-state index contributed by atoms with van der Waals surface area (Å²) in [5.41, 5.74) is -0.289. The molecular weight excluding hydrogens is 256 g/mol. The van der Waals surface area contributed by atoms with E-state index < -0.39 is 24.6 Å². The predicted octanol–water partition coefficient (Wildman–Crippen LogP) is 1.08. The molecule has 3 heterocycles. The Balaban J connectivity index is 2.27. The van der Waals surface area contributed by atoms with Crippen LogP contribution in [0.1, 0.15) is 25.6 Å². The fraction of sp³-hybridized carbons (Fsp3) is 0.545. The topological polar surface area (TPSA) is 64.2 Å². The highest BCUT2D eigenvalue weighted by Crippen LogP contribution is 2.23. The molecule has 0 saturated heterocycles. The van der Waals surface area contributed by atoms with E-state index in [2.05, 4.69) is 15.4 Å². The highest BCUT2D eigenvalue weighted by atomic mass is 19.3. The summed E-state index contributed by atoms with van der Waals surface area (Å²) in [6.07, 6.45) is 1.38. The van der Waals surface area contributed by atoms with Crippen molar-refractivity contribution in [3.8, 4) is 0 Å². The number of hydrogen-bond acceptors (Lipinski definition) is 4. The summed E-state index contributed by atoms with van der Waals surface area (Å²) >= 11 is 0. The quantitative estimate of drug-likeness (QED) is 0.841. The molecular formula is C11H13F2N5O. The lowest BCUT2D eigenvalue weighted by Crippen LogP contribution is -2.44. The van der Waals surface area contributed by atoms with E-state index in [1.807, 2.05) is 13.8 Å². The number of aromatic nitrogens is 4. The van der Waals surface area contributed by atoms with Crippen LogP contribution in [-0.2, 0) is 6.54 Å². The first-order chi connectivity index (χ1) is 8.89. The first-order valence-electron chi connectivity index (χ1n) is 5.99. The van der Waals surface area contributed by atoms with Gasteiger partial charge in [-0.2, -0.15) is 0 Å². The SMILES string of the molecule is CC(C)c1ncc2c(=O)n3c(nn12)NCC(F)(F)C3. The highest BCUT2D eigenvalue weighted by molar-refractivity contribution is 5.46. The molecule has 0 saturated carbocycles. The van der Waals surface area contributed by atoms with Gasteiger partial charge in [0.2, 0.25) is 5.95 Å². The van der Waals surface area contributed by atoms with Crippen molar-refractivity contribution in [1.29, 1.82) is 0 Å². The van der Waals surface area contributed by atoms with E-state index >= 15 is 0 Å². The van der Waals surface area contributed by atoms with Crippen LogP contribution >= 0.6 is 0 Å². The second-order valence-corrected chi connectivity index (χ2v) is 4.99. The van der Waals surface area contributed by atoms with Crippen molar-refractivity contribution < 1.29 is 8.78 Å². The summed E-state index contributed by atoms with van der Waals surface area (Å²) in [6.45, 7) is 2.68. The van der Waals surface area contributed by atoms with Crippen LogP contribution in [-0.4, -0.2) is 31.6 Å². The summed E-state index contributed by atoms with van der Waals surface area (Å²) in [5, 5.41) is 6.69. The summed E-state index contributed by atoms with van der Waals surface area (Å²) in [6, 6.07) is 0. The number of fused-ring (bicyclic) bond motifs is 2. The molecule has 8 heteroatoms. The normalized spacial score (nSPS) is 17.5. The monoisotopic (exact) mass is 269 g/mol. The van der Waals surface area contributed by atoms with Gasteiger partial charge in [0.25, 0.3) is 11.5 Å². The standard InChI is InChI=1S/C11H13F2N5O/c1-6(2)8-14-3-7-9(19)17-5-11(12,13)4-15-10(17)16-18(7)8/h3,6H,4-5H2,1-2H3,(H,15,16). The lowest BCUT2D eigenvalue weighted by atomic mass is 10.2. The maximum atomic E-state index is 13.3. The number of halogens is 2. The van der Waals surface area contributed by atoms with Gasteiger partial charge in [-0.05, 0) is 0 Å². The molecule has 102 valence electrons. The lowest BCUT2D eigenvalue weighted by Gasteiger charge is -2.26. The number of anilines is 1. The molecule has 0 aromatic carbocycles. The highest BCUT2D eigenvalue weighted by Gasteiger charge is 2.36. The van der Waals surface area contributed by atoms with Gasteiger partial charge < -0.3 is 5.32 Å². The molecule has 1 N–H and O–H groups in total. The Labute approximate surface area is 107 Å². The van der Waals surface area contributed by atoms with Crippen molar-refractivity contribution in [2.45, 2.75) is 32.2 Å². The molecule has 6 nitrogen and oxygen atoms in total. The molecule has 0 fully saturated rings. The van der Waals surface area contributed by atoms with Crippen LogP contribution in [0.3, 0.4) is 0 Å². The van der Waals surface area contributed by atoms with E-state index in [1.165, 1.54) is 10.7 Å². The van der Waals surface area contributed by atoms with Crippen LogP contribution in [0, 0.1) is 0 Å². The fourth-order valence-corrected chi connectivity index (χ4v) is 2.16. The molecule has 1 aliphatic heterocycles. The van der Waals surface area contributed by atoms with E-state index in [0.717, 1.165) is 4.57 Å². The maximum Gasteiger partial charge on any atom is 0.282 e. The molecule has 19 heavy (non-hydrogen) atoms. The summed E-state index contributed by atoms with van der Waals surface area (Å²) in [5.74, 6) is -2.07. The molecule has 2 aromatic rings. The third kappa shape index (κ3) is 1.78. The Kier molecular flexibility index (Phi) is 2.38. The van der Waals surface area contributed by atoms with Gasteiger partial charge in [0.1, 0.15) is 5.82 Å². The van der Waals surface area contributed by atoms with Gasteiger partial charge in [0.15, 0.2) is 5.52 Å². The zero-order valence-electron chi connectivity index (χ0n) is 10.5. The molecule has 2 aromatic heterocycles. The second-order valence-electron chi connectivity index (χ2n) is 4.99. The van der Waals surface area contributed by atoms with Crippen LogP contribution in [0.4, 0.5) is 14.7 Å². The van der Waals surface area contributed by atoms with Crippen LogP contribution in [0.15, 0.2) is 11.0 Å². The van der Waals surface area contributed by atoms with Crippen LogP contribution < -0.4 is 10.9 Å². The number of imidazole rings is 1. The maximum absolute atomic E-state index is 13.3. The van der Waals surface area contributed by atoms with Crippen molar-refractivity contribution in [3.63, 3.8) is 0 Å². The Morgan fingerprint density at radius 2 is 2.21 bits per heavy atom. The average Bonchev–Trinajstić information content (AvgIpc) is 2.74. The number of nitrogens with zero attached hydrogens (tertiary/aromatic N) is 4. The van der Waals surface area contributed by atoms with Crippen molar-refractivity contribution in [2.24, 2.45) is 0 Å². The van der Waals surface area contributed by atoms with Crippen LogP contribution in [0.2, 0.25) is 0 Å². The number of nitrogens with one attached hydrogen (secondary N) is 1. The van der Waals surface area contributed by atoms with E-state index in [4.69, 9.17) is 0 Å². The predicted molar refractivity (Wildman–Crippen MR) is 64.8 cm³/mol. The zero-order chi connectivity index (χ0) is 13.8. The number of hydrogen-bond donors (Lipinski definition) is 1. The van der Waals surface area contributed by atoms with Crippen LogP contribution in [0.5, 0.6) is 0 Å². The number of rotatable bonds is 1. The van der Waals surface area contributed by atoms with Gasteiger partial charge in [0.05, 0.1) is 19.3 Å². The average molecular weight is 269 g/mol. The minimum atomic E-state index is -2.95. The van der Waals surface area contributed by atoms with Crippen molar-refractivity contribution in [1.82, 2.24) is 19.2 Å². The molecule has 0 amide bonds. The second kappa shape index (κ2) is 3.75. The van der Waals surface area contributed by atoms with Gasteiger partial charge in [0, 0.05) is 5.92 Å². The molecule has 0 unspecified atom stereocenters. The Morgan fingerprint density at radius 3 is 2.89 bits per heavy atom. The molecule has 0 aliphatic carbocycles. The third-order valence-corrected chi connectivity index (χ3v) is 3.09. The number of alkyl halides is 2. The third-order valence-electron chi connectivity index (χ3n) is 3.09. The first-order valence-corrected chi connectivity index (χ1v) is 5.99. The minimum Gasteiger partial charge on any atom is -0.348 e. The smallest absolute Gasteiger partial charge is 0.282 e. The van der Waals surface area contributed by atoms with Gasteiger partial charge in [-0.3, -0.25) is 9.36 Å². The zero-order valence-corrected chi connectivity index (χ0v) is 10.5. The van der Waals surface area contributed by atoms with E-state index in [-0.39, 0.29) is 17.4 Å². The molecule has 0 atom stereocenters. The fourth-order valence-electron chi connectivity index (χ4n) is 2.16. The Morgan fingerprint density at radius 1 is 1.47 bits per heavy atom. The summed E-state index contributed by atoms with van der Waals surface area (Å²) in [4.78, 5) is 16.3. The van der Waals surface area contributed by atoms with Crippen LogP contribution in [0.25, 0.3) is 5.52 Å². The van der Waals surface area contributed by atoms with Gasteiger partial charge in [-0.15, -0.1) is 5.10 Å². The van der Waals surface area contributed by atoms with Crippen molar-refractivity contribution >= 4 is 11.5 Å². The molecule has 3 rings (SSSR count). The molecule has 1 aliphatic rings. The van der Waals surface area contributed by atoms with Crippen molar-refractivity contribution in [2.75, 3.05) is 11.9 Å². The summed E-state index contributed by atoms with van der Waals surface area (Å²) < 4.78 is 29.0. The molecule has 0 spiro atoms. The largest absolute Gasteiger partial charge is 0.348 e. The Bertz CT molecular complexity index is 703.